The SMILES string of the molecule is CC(C)NC(=O)C(C)OC(=O)c1nn(-c2ccccc2)c2c1CCC2. The molecule has 1 aliphatic carbocycles. The van der Waals surface area contributed by atoms with Crippen LogP contribution in [0, 0.1) is 0 Å². The van der Waals surface area contributed by atoms with Crippen molar-refractivity contribution in [3.8, 4) is 5.69 Å². The molecule has 0 fully saturated rings. The minimum absolute atomic E-state index is 0.00446. The van der Waals surface area contributed by atoms with Crippen LogP contribution >= 0.6 is 0 Å². The topological polar surface area (TPSA) is 73.2 Å². The molecule has 0 saturated carbocycles. The maximum atomic E-state index is 12.6. The second-order valence-corrected chi connectivity index (χ2v) is 6.59. The molecule has 3 rings (SSSR count). The van der Waals surface area contributed by atoms with E-state index >= 15 is 0 Å². The lowest BCUT2D eigenvalue weighted by Crippen LogP contribution is -2.39. The van der Waals surface area contributed by atoms with E-state index < -0.39 is 12.1 Å². The molecule has 6 heteroatoms. The lowest BCUT2D eigenvalue weighted by atomic mass is 10.2. The highest BCUT2D eigenvalue weighted by atomic mass is 16.5. The second-order valence-electron chi connectivity index (χ2n) is 6.59. The zero-order chi connectivity index (χ0) is 18.0. The first kappa shape index (κ1) is 17.2. The fraction of sp³-hybridized carbons (Fsp3) is 0.421. The number of aromatic nitrogens is 2. The van der Waals surface area contributed by atoms with E-state index in [9.17, 15) is 9.59 Å². The molecule has 1 amide bonds. The van der Waals surface area contributed by atoms with E-state index in [4.69, 9.17) is 4.74 Å². The number of carbonyl (C=O) groups excluding carboxylic acids is 2. The van der Waals surface area contributed by atoms with Crippen molar-refractivity contribution >= 4 is 11.9 Å². The Kier molecular flexibility index (Phi) is 4.88. The molecule has 1 heterocycles. The molecule has 0 aliphatic heterocycles. The normalized spacial score (nSPS) is 14.2. The van der Waals surface area contributed by atoms with Crippen molar-refractivity contribution in [1.29, 1.82) is 0 Å². The van der Waals surface area contributed by atoms with Crippen LogP contribution in [0.25, 0.3) is 5.69 Å². The zero-order valence-electron chi connectivity index (χ0n) is 14.8. The fourth-order valence-corrected chi connectivity index (χ4v) is 3.06. The first-order chi connectivity index (χ1) is 12.0. The number of hydrogen-bond donors (Lipinski definition) is 1. The van der Waals surface area contributed by atoms with Gasteiger partial charge in [0.25, 0.3) is 5.91 Å². The Morgan fingerprint density at radius 2 is 1.88 bits per heavy atom. The molecule has 1 atom stereocenters. The molecule has 1 unspecified atom stereocenters. The summed E-state index contributed by atoms with van der Waals surface area (Å²) in [6.07, 6.45) is 1.82. The Balaban J connectivity index is 1.83. The summed E-state index contributed by atoms with van der Waals surface area (Å²) >= 11 is 0. The van der Waals surface area contributed by atoms with Crippen LogP contribution in [-0.2, 0) is 22.4 Å². The van der Waals surface area contributed by atoms with E-state index in [1.165, 1.54) is 0 Å². The highest BCUT2D eigenvalue weighted by molar-refractivity contribution is 5.92. The highest BCUT2D eigenvalue weighted by Gasteiger charge is 2.29. The summed E-state index contributed by atoms with van der Waals surface area (Å²) < 4.78 is 7.16. The van der Waals surface area contributed by atoms with Crippen molar-refractivity contribution in [1.82, 2.24) is 15.1 Å². The summed E-state index contributed by atoms with van der Waals surface area (Å²) in [7, 11) is 0. The molecule has 6 nitrogen and oxygen atoms in total. The van der Waals surface area contributed by atoms with Crippen LogP contribution < -0.4 is 5.32 Å². The number of nitrogens with zero attached hydrogens (tertiary/aromatic N) is 2. The van der Waals surface area contributed by atoms with Gasteiger partial charge in [0, 0.05) is 17.3 Å². The predicted molar refractivity (Wildman–Crippen MR) is 93.7 cm³/mol. The van der Waals surface area contributed by atoms with Crippen molar-refractivity contribution in [2.75, 3.05) is 0 Å². The maximum absolute atomic E-state index is 12.6. The van der Waals surface area contributed by atoms with Crippen LogP contribution in [0.4, 0.5) is 0 Å². The van der Waals surface area contributed by atoms with Gasteiger partial charge in [-0.2, -0.15) is 5.10 Å². The third-order valence-electron chi connectivity index (χ3n) is 4.21. The molecular weight excluding hydrogens is 318 g/mol. The Labute approximate surface area is 147 Å². The molecule has 0 radical (unpaired) electrons. The minimum Gasteiger partial charge on any atom is -0.448 e. The van der Waals surface area contributed by atoms with E-state index in [-0.39, 0.29) is 11.9 Å². The molecule has 0 saturated heterocycles. The number of para-hydroxylation sites is 1. The predicted octanol–water partition coefficient (Wildman–Crippen LogP) is 2.43. The summed E-state index contributed by atoms with van der Waals surface area (Å²) in [5.41, 5.74) is 3.23. The molecule has 2 aromatic rings. The van der Waals surface area contributed by atoms with Gasteiger partial charge in [-0.1, -0.05) is 18.2 Å². The number of esters is 1. The summed E-state index contributed by atoms with van der Waals surface area (Å²) in [6, 6.07) is 9.73. The molecule has 1 N–H and O–H groups in total. The first-order valence-corrected chi connectivity index (χ1v) is 8.65. The Morgan fingerprint density at radius 1 is 1.16 bits per heavy atom. The molecule has 1 aromatic carbocycles. The number of rotatable bonds is 5. The van der Waals surface area contributed by atoms with Gasteiger partial charge in [0.15, 0.2) is 11.8 Å². The molecule has 132 valence electrons. The van der Waals surface area contributed by atoms with Gasteiger partial charge in [0.05, 0.1) is 5.69 Å². The maximum Gasteiger partial charge on any atom is 0.359 e. The third kappa shape index (κ3) is 3.57. The number of fused-ring (bicyclic) bond motifs is 1. The largest absolute Gasteiger partial charge is 0.448 e. The van der Waals surface area contributed by atoms with Crippen LogP contribution in [0.5, 0.6) is 0 Å². The van der Waals surface area contributed by atoms with Crippen LogP contribution in [-0.4, -0.2) is 33.8 Å². The fourth-order valence-electron chi connectivity index (χ4n) is 3.06. The first-order valence-electron chi connectivity index (χ1n) is 8.65. The number of hydrogen-bond acceptors (Lipinski definition) is 4. The molecule has 0 bridgehead atoms. The monoisotopic (exact) mass is 341 g/mol. The van der Waals surface area contributed by atoms with E-state index in [1.54, 1.807) is 6.92 Å². The van der Waals surface area contributed by atoms with E-state index in [0.29, 0.717) is 5.69 Å². The summed E-state index contributed by atoms with van der Waals surface area (Å²) in [6.45, 7) is 5.30. The van der Waals surface area contributed by atoms with Crippen LogP contribution in [0.2, 0.25) is 0 Å². The van der Waals surface area contributed by atoms with Gasteiger partial charge in [0.1, 0.15) is 0 Å². The number of amides is 1. The van der Waals surface area contributed by atoms with E-state index in [1.807, 2.05) is 48.9 Å². The van der Waals surface area contributed by atoms with Gasteiger partial charge in [-0.3, -0.25) is 4.79 Å². The number of benzene rings is 1. The molecule has 1 aliphatic rings. The van der Waals surface area contributed by atoms with Crippen LogP contribution in [0.1, 0.15) is 48.9 Å². The lowest BCUT2D eigenvalue weighted by Gasteiger charge is -2.15. The average molecular weight is 341 g/mol. The van der Waals surface area contributed by atoms with Gasteiger partial charge < -0.3 is 10.1 Å². The van der Waals surface area contributed by atoms with Gasteiger partial charge in [-0.25, -0.2) is 9.48 Å². The lowest BCUT2D eigenvalue weighted by molar-refractivity contribution is -0.129. The quantitative estimate of drug-likeness (QED) is 0.848. The van der Waals surface area contributed by atoms with Crippen LogP contribution in [0.15, 0.2) is 30.3 Å². The summed E-state index contributed by atoms with van der Waals surface area (Å²) in [5, 5.41) is 7.23. The third-order valence-corrected chi connectivity index (χ3v) is 4.21. The van der Waals surface area contributed by atoms with Gasteiger partial charge >= 0.3 is 5.97 Å². The van der Waals surface area contributed by atoms with Crippen molar-refractivity contribution in [2.45, 2.75) is 52.2 Å². The number of carbonyl (C=O) groups is 2. The van der Waals surface area contributed by atoms with Crippen molar-refractivity contribution in [3.05, 3.63) is 47.3 Å². The summed E-state index contributed by atoms with van der Waals surface area (Å²) in [5.74, 6) is -0.846. The number of nitrogens with one attached hydrogen (secondary N) is 1. The van der Waals surface area contributed by atoms with Crippen molar-refractivity contribution in [2.24, 2.45) is 0 Å². The highest BCUT2D eigenvalue weighted by Crippen LogP contribution is 2.28. The van der Waals surface area contributed by atoms with Crippen LogP contribution in [0.3, 0.4) is 0 Å². The molecular formula is C19H23N3O3. The summed E-state index contributed by atoms with van der Waals surface area (Å²) in [4.78, 5) is 24.5. The Hall–Kier alpha value is -2.63. The molecule has 25 heavy (non-hydrogen) atoms. The second kappa shape index (κ2) is 7.09. The average Bonchev–Trinajstić information content (AvgIpc) is 3.17. The molecule has 1 aromatic heterocycles. The van der Waals surface area contributed by atoms with Crippen molar-refractivity contribution < 1.29 is 14.3 Å². The smallest absolute Gasteiger partial charge is 0.359 e. The van der Waals surface area contributed by atoms with E-state index in [2.05, 4.69) is 10.4 Å². The zero-order valence-corrected chi connectivity index (χ0v) is 14.8. The Bertz CT molecular complexity index is 781. The van der Waals surface area contributed by atoms with Gasteiger partial charge in [0.2, 0.25) is 0 Å². The van der Waals surface area contributed by atoms with Crippen molar-refractivity contribution in [3.63, 3.8) is 0 Å². The minimum atomic E-state index is -0.853. The van der Waals surface area contributed by atoms with Gasteiger partial charge in [-0.05, 0) is 52.2 Å². The van der Waals surface area contributed by atoms with Gasteiger partial charge in [-0.15, -0.1) is 0 Å². The Morgan fingerprint density at radius 3 is 2.56 bits per heavy atom. The standard InChI is InChI=1S/C19H23N3O3/c1-12(2)20-18(23)13(3)25-19(24)17-15-10-7-11-16(15)22(21-17)14-8-5-4-6-9-14/h4-6,8-9,12-13H,7,10-11H2,1-3H3,(H,20,23). The number of ether oxygens (including phenoxy) is 1. The molecule has 0 spiro atoms. The van der Waals surface area contributed by atoms with E-state index in [0.717, 1.165) is 36.2 Å².